The standard InChI is InChI=1S/C25H26F3N5O3/c1-32-17-7-19(8-18(32)13-35-12-17)36-21-11-29-22(25(26,27)28)10-20(21)15-4-5-33-16(6-15)9-23(31-33)30-24(34)14-2-3-14/h4-6,9-11,14,17-19H,2-3,7-8,12-13H2,1H3,(H,30,31,34)/t17-,18+,19?. The van der Waals surface area contributed by atoms with Gasteiger partial charge in [0.1, 0.15) is 17.5 Å². The lowest BCUT2D eigenvalue weighted by molar-refractivity contribution is -0.141. The van der Waals surface area contributed by atoms with Gasteiger partial charge in [-0.05, 0) is 43.7 Å². The number of alkyl halides is 3. The Balaban J connectivity index is 1.32. The van der Waals surface area contributed by atoms with Crippen LogP contribution in [0, 0.1) is 5.92 Å². The van der Waals surface area contributed by atoms with Crippen molar-refractivity contribution in [2.75, 3.05) is 25.6 Å². The summed E-state index contributed by atoms with van der Waals surface area (Å²) in [6.45, 7) is 1.23. The van der Waals surface area contributed by atoms with E-state index in [0.717, 1.165) is 31.7 Å². The lowest BCUT2D eigenvalue weighted by Crippen LogP contribution is -2.57. The maximum absolute atomic E-state index is 13.5. The molecular formula is C25H26F3N5O3. The lowest BCUT2D eigenvalue weighted by Gasteiger charge is -2.46. The molecule has 11 heteroatoms. The molecule has 1 N–H and O–H groups in total. The van der Waals surface area contributed by atoms with Crippen LogP contribution in [0.2, 0.25) is 0 Å². The summed E-state index contributed by atoms with van der Waals surface area (Å²) < 4.78 is 54.2. The molecule has 1 aliphatic carbocycles. The first-order chi connectivity index (χ1) is 17.2. The zero-order chi connectivity index (χ0) is 25.0. The summed E-state index contributed by atoms with van der Waals surface area (Å²) in [5.74, 6) is 0.689. The van der Waals surface area contributed by atoms with Crippen molar-refractivity contribution in [3.05, 3.63) is 42.4 Å². The lowest BCUT2D eigenvalue weighted by atomic mass is 9.92. The molecule has 0 spiro atoms. The second-order valence-corrected chi connectivity index (χ2v) is 9.86. The van der Waals surface area contributed by atoms with Gasteiger partial charge in [-0.3, -0.25) is 9.69 Å². The van der Waals surface area contributed by atoms with Crippen molar-refractivity contribution in [1.82, 2.24) is 19.5 Å². The van der Waals surface area contributed by atoms with Crippen LogP contribution in [0.5, 0.6) is 5.75 Å². The first kappa shape index (κ1) is 23.2. The Morgan fingerprint density at radius 2 is 1.92 bits per heavy atom. The molecule has 0 aromatic carbocycles. The monoisotopic (exact) mass is 501 g/mol. The second-order valence-electron chi connectivity index (χ2n) is 9.86. The average molecular weight is 502 g/mol. The van der Waals surface area contributed by atoms with E-state index in [1.165, 1.54) is 6.20 Å². The van der Waals surface area contributed by atoms with E-state index in [1.54, 1.807) is 28.9 Å². The number of piperidine rings is 1. The zero-order valence-electron chi connectivity index (χ0n) is 19.7. The SMILES string of the molecule is CN1[C@@H]2COC[C@H]1CC(Oc1cnc(C(F)(F)F)cc1-c1ccn3nc(NC(=O)C4CC4)cc3c1)C2. The Hall–Kier alpha value is -3.18. The fourth-order valence-electron chi connectivity index (χ4n) is 5.04. The second kappa shape index (κ2) is 8.74. The van der Waals surface area contributed by atoms with Crippen LogP contribution in [-0.4, -0.2) is 63.9 Å². The number of halogens is 3. The summed E-state index contributed by atoms with van der Waals surface area (Å²) in [5.41, 5.74) is 0.511. The van der Waals surface area contributed by atoms with Gasteiger partial charge in [0.2, 0.25) is 5.91 Å². The molecule has 190 valence electrons. The van der Waals surface area contributed by atoms with Crippen LogP contribution in [0.4, 0.5) is 19.0 Å². The van der Waals surface area contributed by atoms with Gasteiger partial charge in [-0.25, -0.2) is 9.50 Å². The van der Waals surface area contributed by atoms with Gasteiger partial charge in [0, 0.05) is 48.7 Å². The van der Waals surface area contributed by atoms with Crippen molar-refractivity contribution in [2.24, 2.45) is 5.92 Å². The number of hydrogen-bond donors (Lipinski definition) is 1. The first-order valence-electron chi connectivity index (χ1n) is 12.1. The molecule has 3 aromatic rings. The van der Waals surface area contributed by atoms with Crippen LogP contribution in [-0.2, 0) is 15.7 Å². The van der Waals surface area contributed by atoms with Gasteiger partial charge in [-0.1, -0.05) is 0 Å². The molecule has 2 bridgehead atoms. The molecule has 1 saturated carbocycles. The summed E-state index contributed by atoms with van der Waals surface area (Å²) in [7, 11) is 2.07. The smallest absolute Gasteiger partial charge is 0.433 e. The van der Waals surface area contributed by atoms with E-state index in [-0.39, 0.29) is 30.0 Å². The van der Waals surface area contributed by atoms with Gasteiger partial charge < -0.3 is 14.8 Å². The van der Waals surface area contributed by atoms with Crippen LogP contribution in [0.3, 0.4) is 0 Å². The molecule has 0 radical (unpaired) electrons. The molecule has 3 aliphatic rings. The van der Waals surface area contributed by atoms with E-state index in [1.807, 2.05) is 0 Å². The summed E-state index contributed by atoms with van der Waals surface area (Å²) >= 11 is 0. The van der Waals surface area contributed by atoms with E-state index >= 15 is 0 Å². The minimum Gasteiger partial charge on any atom is -0.488 e. The van der Waals surface area contributed by atoms with Crippen LogP contribution in [0.1, 0.15) is 31.4 Å². The minimum absolute atomic E-state index is 0.0355. The van der Waals surface area contributed by atoms with Crippen LogP contribution in [0.25, 0.3) is 16.6 Å². The minimum atomic E-state index is -4.59. The number of morpholine rings is 1. The Kier molecular flexibility index (Phi) is 5.64. The number of nitrogens with one attached hydrogen (secondary N) is 1. The number of nitrogens with zero attached hydrogens (tertiary/aromatic N) is 4. The van der Waals surface area contributed by atoms with Crippen molar-refractivity contribution in [1.29, 1.82) is 0 Å². The number of likely N-dealkylation sites (N-methyl/N-ethyl adjacent to an activating group) is 1. The van der Waals surface area contributed by atoms with E-state index in [4.69, 9.17) is 9.47 Å². The number of anilines is 1. The highest BCUT2D eigenvalue weighted by Gasteiger charge is 2.39. The summed E-state index contributed by atoms with van der Waals surface area (Å²) in [4.78, 5) is 18.1. The number of ether oxygens (including phenoxy) is 2. The van der Waals surface area contributed by atoms with E-state index in [2.05, 4.69) is 27.3 Å². The summed E-state index contributed by atoms with van der Waals surface area (Å²) in [6, 6.07) is 6.58. The maximum atomic E-state index is 13.5. The molecule has 6 rings (SSSR count). The van der Waals surface area contributed by atoms with Gasteiger partial charge in [0.15, 0.2) is 5.82 Å². The van der Waals surface area contributed by atoms with Gasteiger partial charge in [0.05, 0.1) is 24.9 Å². The molecule has 1 amide bonds. The van der Waals surface area contributed by atoms with Crippen molar-refractivity contribution < 1.29 is 27.4 Å². The molecular weight excluding hydrogens is 475 g/mol. The Morgan fingerprint density at radius 1 is 1.17 bits per heavy atom. The van der Waals surface area contributed by atoms with Crippen molar-refractivity contribution >= 4 is 17.2 Å². The fraction of sp³-hybridized carbons (Fsp3) is 0.480. The maximum Gasteiger partial charge on any atom is 0.433 e. The highest BCUT2D eigenvalue weighted by Crippen LogP contribution is 2.38. The van der Waals surface area contributed by atoms with Gasteiger partial charge in [-0.2, -0.15) is 18.3 Å². The summed E-state index contributed by atoms with van der Waals surface area (Å²) in [6.07, 6.45) is 1.29. The number of fused-ring (bicyclic) bond motifs is 3. The molecule has 36 heavy (non-hydrogen) atoms. The number of aromatic nitrogens is 3. The Labute approximate surface area is 205 Å². The topological polar surface area (TPSA) is 81.0 Å². The molecule has 2 aliphatic heterocycles. The average Bonchev–Trinajstić information content (AvgIpc) is 3.59. The molecule has 3 aromatic heterocycles. The van der Waals surface area contributed by atoms with Crippen LogP contribution >= 0.6 is 0 Å². The van der Waals surface area contributed by atoms with Crippen LogP contribution in [0.15, 0.2) is 36.7 Å². The molecule has 8 nitrogen and oxygen atoms in total. The van der Waals surface area contributed by atoms with Gasteiger partial charge in [-0.15, -0.1) is 0 Å². The van der Waals surface area contributed by atoms with Crippen molar-refractivity contribution in [2.45, 2.75) is 50.0 Å². The molecule has 1 unspecified atom stereocenters. The van der Waals surface area contributed by atoms with Gasteiger partial charge in [0.25, 0.3) is 0 Å². The number of pyridine rings is 2. The quantitative estimate of drug-likeness (QED) is 0.569. The van der Waals surface area contributed by atoms with E-state index < -0.39 is 11.9 Å². The number of hydrogen-bond acceptors (Lipinski definition) is 6. The van der Waals surface area contributed by atoms with Gasteiger partial charge >= 0.3 is 6.18 Å². The molecule has 5 heterocycles. The highest BCUT2D eigenvalue weighted by molar-refractivity contribution is 5.93. The predicted octanol–water partition coefficient (Wildman–Crippen LogP) is 4.00. The molecule has 3 atom stereocenters. The van der Waals surface area contributed by atoms with Crippen molar-refractivity contribution in [3.8, 4) is 16.9 Å². The van der Waals surface area contributed by atoms with Crippen LogP contribution < -0.4 is 10.1 Å². The third kappa shape index (κ3) is 4.53. The Bertz CT molecular complexity index is 1290. The number of rotatable bonds is 5. The molecule has 3 fully saturated rings. The van der Waals surface area contributed by atoms with E-state index in [0.29, 0.717) is 41.4 Å². The highest BCUT2D eigenvalue weighted by atomic mass is 19.4. The number of carbonyl (C=O) groups is 1. The third-order valence-electron chi connectivity index (χ3n) is 7.27. The number of amides is 1. The van der Waals surface area contributed by atoms with E-state index in [9.17, 15) is 18.0 Å². The largest absolute Gasteiger partial charge is 0.488 e. The fourth-order valence-corrected chi connectivity index (χ4v) is 5.04. The normalized spacial score (nSPS) is 24.6. The third-order valence-corrected chi connectivity index (χ3v) is 7.27. The summed E-state index contributed by atoms with van der Waals surface area (Å²) in [5, 5.41) is 7.16. The first-order valence-corrected chi connectivity index (χ1v) is 12.1. The predicted molar refractivity (Wildman–Crippen MR) is 125 cm³/mol. The zero-order valence-corrected chi connectivity index (χ0v) is 19.7. The Morgan fingerprint density at radius 3 is 2.61 bits per heavy atom. The molecule has 2 saturated heterocycles. The van der Waals surface area contributed by atoms with Crippen molar-refractivity contribution in [3.63, 3.8) is 0 Å². The number of carbonyl (C=O) groups excluding carboxylic acids is 1.